The van der Waals surface area contributed by atoms with Crippen molar-refractivity contribution in [3.05, 3.63) is 11.8 Å². The molecule has 0 atom stereocenters. The number of anilines is 1. The molecule has 1 fully saturated rings. The number of rotatable bonds is 8. The molecule has 2 heterocycles. The molecule has 1 aliphatic heterocycles. The number of nitrogens with zero attached hydrogens (tertiary/aromatic N) is 3. The Morgan fingerprint density at radius 1 is 1.35 bits per heavy atom. The number of aryl methyl sites for hydroxylation is 1. The lowest BCUT2D eigenvalue weighted by Gasteiger charge is -2.27. The summed E-state index contributed by atoms with van der Waals surface area (Å²) in [6.07, 6.45) is 2.81. The fourth-order valence-corrected chi connectivity index (χ4v) is 2.21. The van der Waals surface area contributed by atoms with Crippen molar-refractivity contribution in [2.24, 2.45) is 0 Å². The molecule has 2 rings (SSSR count). The lowest BCUT2D eigenvalue weighted by molar-refractivity contribution is -0.123. The second-order valence-electron chi connectivity index (χ2n) is 5.44. The highest BCUT2D eigenvalue weighted by Gasteiger charge is 2.16. The smallest absolute Gasteiger partial charge is 0.258 e. The summed E-state index contributed by atoms with van der Waals surface area (Å²) in [4.78, 5) is 22.8. The van der Waals surface area contributed by atoms with E-state index in [0.717, 1.165) is 38.0 Å². The largest absolute Gasteiger partial charge is 0.467 e. The molecule has 0 unspecified atom stereocenters. The summed E-state index contributed by atoms with van der Waals surface area (Å²) < 4.78 is 10.9. The Morgan fingerprint density at radius 2 is 2.13 bits per heavy atom. The van der Waals surface area contributed by atoms with E-state index in [2.05, 4.69) is 27.1 Å². The quantitative estimate of drug-likeness (QED) is 0.724. The zero-order chi connectivity index (χ0) is 16.5. The number of amides is 1. The van der Waals surface area contributed by atoms with Crippen LogP contribution >= 0.6 is 0 Å². The summed E-state index contributed by atoms with van der Waals surface area (Å²) in [5.74, 6) is 0.973. The van der Waals surface area contributed by atoms with Gasteiger partial charge in [0.2, 0.25) is 11.8 Å². The molecule has 0 aromatic carbocycles. The van der Waals surface area contributed by atoms with Crippen molar-refractivity contribution >= 4 is 11.9 Å². The van der Waals surface area contributed by atoms with Crippen LogP contribution in [0.2, 0.25) is 0 Å². The van der Waals surface area contributed by atoms with Gasteiger partial charge in [-0.3, -0.25) is 4.79 Å². The predicted molar refractivity (Wildman–Crippen MR) is 87.9 cm³/mol. The van der Waals surface area contributed by atoms with Crippen LogP contribution in [0.15, 0.2) is 6.07 Å². The highest BCUT2D eigenvalue weighted by Crippen LogP contribution is 2.17. The van der Waals surface area contributed by atoms with Crippen LogP contribution in [0.4, 0.5) is 5.95 Å². The van der Waals surface area contributed by atoms with E-state index in [4.69, 9.17) is 9.47 Å². The van der Waals surface area contributed by atoms with Crippen molar-refractivity contribution < 1.29 is 14.3 Å². The standard InChI is InChI=1S/C16H26N4O3/c1-3-5-6-17-14(21)12-23-15-11-13(4-2)18-16(19-15)20-7-9-22-10-8-20/h11H,3-10,12H2,1-2H3,(H,17,21). The molecule has 0 radical (unpaired) electrons. The minimum absolute atomic E-state index is 0.0214. The normalized spacial score (nSPS) is 14.6. The van der Waals surface area contributed by atoms with Gasteiger partial charge in [0.25, 0.3) is 5.91 Å². The predicted octanol–water partition coefficient (Wildman–Crippen LogP) is 1.17. The number of ether oxygens (including phenoxy) is 2. The average Bonchev–Trinajstić information content (AvgIpc) is 2.60. The summed E-state index contributed by atoms with van der Waals surface area (Å²) >= 11 is 0. The van der Waals surface area contributed by atoms with Gasteiger partial charge in [0.1, 0.15) is 0 Å². The van der Waals surface area contributed by atoms with Gasteiger partial charge in [0.15, 0.2) is 6.61 Å². The third-order valence-electron chi connectivity index (χ3n) is 3.60. The fourth-order valence-electron chi connectivity index (χ4n) is 2.21. The maximum absolute atomic E-state index is 11.7. The van der Waals surface area contributed by atoms with E-state index in [1.54, 1.807) is 6.07 Å². The van der Waals surface area contributed by atoms with E-state index in [-0.39, 0.29) is 12.5 Å². The SMILES string of the molecule is CCCCNC(=O)COc1cc(CC)nc(N2CCOCC2)n1. The first-order valence-corrected chi connectivity index (χ1v) is 8.33. The van der Waals surface area contributed by atoms with Gasteiger partial charge in [-0.2, -0.15) is 4.98 Å². The van der Waals surface area contributed by atoms with Crippen LogP contribution in [0.1, 0.15) is 32.4 Å². The van der Waals surface area contributed by atoms with E-state index in [9.17, 15) is 4.79 Å². The number of unbranched alkanes of at least 4 members (excludes halogenated alkanes) is 1. The Balaban J connectivity index is 1.96. The van der Waals surface area contributed by atoms with Crippen LogP contribution in [0.3, 0.4) is 0 Å². The summed E-state index contributed by atoms with van der Waals surface area (Å²) in [5.41, 5.74) is 0.905. The Hall–Kier alpha value is -1.89. The van der Waals surface area contributed by atoms with Gasteiger partial charge >= 0.3 is 0 Å². The third-order valence-corrected chi connectivity index (χ3v) is 3.60. The molecular formula is C16H26N4O3. The van der Waals surface area contributed by atoms with Crippen molar-refractivity contribution in [3.8, 4) is 5.88 Å². The third kappa shape index (κ3) is 5.67. The molecule has 7 heteroatoms. The number of nitrogens with one attached hydrogen (secondary N) is 1. The van der Waals surface area contributed by atoms with Gasteiger partial charge < -0.3 is 19.7 Å². The first-order valence-electron chi connectivity index (χ1n) is 8.33. The minimum Gasteiger partial charge on any atom is -0.467 e. The van der Waals surface area contributed by atoms with Crippen LogP contribution in [0.25, 0.3) is 0 Å². The molecule has 7 nitrogen and oxygen atoms in total. The summed E-state index contributed by atoms with van der Waals surface area (Å²) in [7, 11) is 0. The molecule has 1 saturated heterocycles. The maximum Gasteiger partial charge on any atom is 0.258 e. The molecule has 1 amide bonds. The Kier molecular flexibility index (Phi) is 7.06. The van der Waals surface area contributed by atoms with Crippen molar-refractivity contribution in [3.63, 3.8) is 0 Å². The minimum atomic E-state index is -0.122. The van der Waals surface area contributed by atoms with E-state index >= 15 is 0 Å². The molecule has 0 bridgehead atoms. The van der Waals surface area contributed by atoms with E-state index < -0.39 is 0 Å². The lowest BCUT2D eigenvalue weighted by atomic mass is 10.3. The van der Waals surface area contributed by atoms with Crippen molar-refractivity contribution in [1.29, 1.82) is 0 Å². The molecular weight excluding hydrogens is 296 g/mol. The number of carbonyl (C=O) groups is 1. The van der Waals surface area contributed by atoms with Crippen LogP contribution in [0.5, 0.6) is 5.88 Å². The van der Waals surface area contributed by atoms with Gasteiger partial charge in [0, 0.05) is 31.4 Å². The van der Waals surface area contributed by atoms with Crippen molar-refractivity contribution in [1.82, 2.24) is 15.3 Å². The van der Waals surface area contributed by atoms with E-state index in [1.165, 1.54) is 0 Å². The molecule has 0 spiro atoms. The first kappa shape index (κ1) is 17.5. The average molecular weight is 322 g/mol. The van der Waals surface area contributed by atoms with Crippen LogP contribution < -0.4 is 15.0 Å². The molecule has 1 aromatic rings. The summed E-state index contributed by atoms with van der Waals surface area (Å²) in [5, 5.41) is 2.83. The first-order chi connectivity index (χ1) is 11.2. The Labute approximate surface area is 137 Å². The highest BCUT2D eigenvalue weighted by molar-refractivity contribution is 5.77. The number of morpholine rings is 1. The second-order valence-corrected chi connectivity index (χ2v) is 5.44. The molecule has 1 N–H and O–H groups in total. The topological polar surface area (TPSA) is 76.6 Å². The maximum atomic E-state index is 11.7. The van der Waals surface area contributed by atoms with Crippen LogP contribution in [0, 0.1) is 0 Å². The molecule has 1 aliphatic rings. The lowest BCUT2D eigenvalue weighted by Crippen LogP contribution is -2.37. The molecule has 128 valence electrons. The van der Waals surface area contributed by atoms with Gasteiger partial charge in [-0.15, -0.1) is 0 Å². The van der Waals surface area contributed by atoms with Gasteiger partial charge in [0.05, 0.1) is 13.2 Å². The van der Waals surface area contributed by atoms with Crippen LogP contribution in [-0.2, 0) is 16.0 Å². The zero-order valence-corrected chi connectivity index (χ0v) is 14.0. The van der Waals surface area contributed by atoms with Gasteiger partial charge in [-0.25, -0.2) is 4.98 Å². The van der Waals surface area contributed by atoms with Gasteiger partial charge in [-0.1, -0.05) is 20.3 Å². The number of hydrogen-bond acceptors (Lipinski definition) is 6. The van der Waals surface area contributed by atoms with Gasteiger partial charge in [-0.05, 0) is 12.8 Å². The summed E-state index contributed by atoms with van der Waals surface area (Å²) in [6, 6.07) is 1.79. The summed E-state index contributed by atoms with van der Waals surface area (Å²) in [6.45, 7) is 7.67. The second kappa shape index (κ2) is 9.29. The van der Waals surface area contributed by atoms with Crippen molar-refractivity contribution in [2.45, 2.75) is 33.1 Å². The Morgan fingerprint density at radius 3 is 2.83 bits per heavy atom. The Bertz CT molecular complexity index is 504. The molecule has 1 aromatic heterocycles. The number of hydrogen-bond donors (Lipinski definition) is 1. The number of aromatic nitrogens is 2. The number of carbonyl (C=O) groups excluding carboxylic acids is 1. The van der Waals surface area contributed by atoms with Crippen molar-refractivity contribution in [2.75, 3.05) is 44.4 Å². The van der Waals surface area contributed by atoms with E-state index in [0.29, 0.717) is 31.6 Å². The van der Waals surface area contributed by atoms with Crippen LogP contribution in [-0.4, -0.2) is 55.3 Å². The molecule has 0 aliphatic carbocycles. The fraction of sp³-hybridized carbons (Fsp3) is 0.688. The zero-order valence-electron chi connectivity index (χ0n) is 14.0. The molecule has 0 saturated carbocycles. The van der Waals surface area contributed by atoms with E-state index in [1.807, 2.05) is 6.92 Å². The monoisotopic (exact) mass is 322 g/mol. The highest BCUT2D eigenvalue weighted by atomic mass is 16.5. The molecule has 23 heavy (non-hydrogen) atoms.